The van der Waals surface area contributed by atoms with Crippen molar-refractivity contribution < 1.29 is 9.59 Å². The van der Waals surface area contributed by atoms with Gasteiger partial charge in [-0.15, -0.1) is 5.10 Å². The molecule has 128 valence electrons. The van der Waals surface area contributed by atoms with E-state index in [-0.39, 0.29) is 11.3 Å². The van der Waals surface area contributed by atoms with Gasteiger partial charge in [0, 0.05) is 30.6 Å². The molecule has 0 atom stereocenters. The molecule has 0 saturated carbocycles. The number of aldehydes is 1. The normalized spacial score (nSPS) is 10.8. The summed E-state index contributed by atoms with van der Waals surface area (Å²) < 4.78 is 3.00. The zero-order valence-corrected chi connectivity index (χ0v) is 13.8. The first-order chi connectivity index (χ1) is 12.7. The second kappa shape index (κ2) is 6.25. The Balaban J connectivity index is 1.64. The second-order valence-electron chi connectivity index (χ2n) is 5.66. The van der Waals surface area contributed by atoms with Gasteiger partial charge in [-0.3, -0.25) is 14.3 Å². The SMILES string of the molecule is Cn1ncc(C=O)c1C(=O)Nc1ccn2nc(-c3ccccc3)nc2c1. The molecule has 26 heavy (non-hydrogen) atoms. The quantitative estimate of drug-likeness (QED) is 0.572. The number of aryl methyl sites for hydroxylation is 1. The van der Waals surface area contributed by atoms with Gasteiger partial charge in [0.2, 0.25) is 0 Å². The smallest absolute Gasteiger partial charge is 0.274 e. The number of anilines is 1. The molecule has 1 amide bonds. The van der Waals surface area contributed by atoms with Crippen molar-refractivity contribution in [1.82, 2.24) is 24.4 Å². The Hall–Kier alpha value is -3.81. The van der Waals surface area contributed by atoms with Gasteiger partial charge in [-0.2, -0.15) is 5.10 Å². The van der Waals surface area contributed by atoms with Crippen molar-refractivity contribution >= 4 is 23.5 Å². The lowest BCUT2D eigenvalue weighted by atomic mass is 10.2. The summed E-state index contributed by atoms with van der Waals surface area (Å²) in [6.45, 7) is 0. The molecule has 1 N–H and O–H groups in total. The number of pyridine rings is 1. The third-order valence-electron chi connectivity index (χ3n) is 3.94. The number of amides is 1. The number of rotatable bonds is 4. The predicted molar refractivity (Wildman–Crippen MR) is 95.0 cm³/mol. The maximum atomic E-state index is 12.5. The van der Waals surface area contributed by atoms with E-state index >= 15 is 0 Å². The van der Waals surface area contributed by atoms with Gasteiger partial charge in [0.1, 0.15) is 5.69 Å². The Morgan fingerprint density at radius 1 is 1.19 bits per heavy atom. The maximum Gasteiger partial charge on any atom is 0.274 e. The average Bonchev–Trinajstić information content (AvgIpc) is 3.25. The monoisotopic (exact) mass is 346 g/mol. The Morgan fingerprint density at radius 2 is 2.00 bits per heavy atom. The average molecular weight is 346 g/mol. The number of aromatic nitrogens is 5. The van der Waals surface area contributed by atoms with Gasteiger partial charge < -0.3 is 5.32 Å². The van der Waals surface area contributed by atoms with Crippen molar-refractivity contribution in [2.45, 2.75) is 0 Å². The molecule has 0 bridgehead atoms. The van der Waals surface area contributed by atoms with Crippen molar-refractivity contribution in [1.29, 1.82) is 0 Å². The van der Waals surface area contributed by atoms with Gasteiger partial charge in [0.15, 0.2) is 17.8 Å². The van der Waals surface area contributed by atoms with E-state index in [1.165, 1.54) is 10.9 Å². The summed E-state index contributed by atoms with van der Waals surface area (Å²) in [5.74, 6) is 0.184. The number of benzene rings is 1. The van der Waals surface area contributed by atoms with Crippen LogP contribution in [-0.2, 0) is 7.05 Å². The van der Waals surface area contributed by atoms with Gasteiger partial charge in [0.05, 0.1) is 11.8 Å². The van der Waals surface area contributed by atoms with Crippen molar-refractivity contribution in [3.63, 3.8) is 0 Å². The Bertz CT molecular complexity index is 1110. The second-order valence-corrected chi connectivity index (χ2v) is 5.66. The molecule has 0 fully saturated rings. The van der Waals surface area contributed by atoms with E-state index < -0.39 is 5.91 Å². The summed E-state index contributed by atoms with van der Waals surface area (Å²) >= 11 is 0. The Morgan fingerprint density at radius 3 is 2.77 bits per heavy atom. The van der Waals surface area contributed by atoms with Crippen LogP contribution >= 0.6 is 0 Å². The van der Waals surface area contributed by atoms with Crippen molar-refractivity contribution in [3.05, 3.63) is 66.1 Å². The van der Waals surface area contributed by atoms with Crippen LogP contribution in [0.2, 0.25) is 0 Å². The lowest BCUT2D eigenvalue weighted by Crippen LogP contribution is -2.18. The number of nitrogens with zero attached hydrogens (tertiary/aromatic N) is 5. The minimum Gasteiger partial charge on any atom is -0.320 e. The molecule has 3 heterocycles. The van der Waals surface area contributed by atoms with Crippen LogP contribution in [0.25, 0.3) is 17.0 Å². The van der Waals surface area contributed by atoms with Crippen LogP contribution in [0.1, 0.15) is 20.8 Å². The fourth-order valence-electron chi connectivity index (χ4n) is 2.68. The van der Waals surface area contributed by atoms with Crippen molar-refractivity contribution in [3.8, 4) is 11.4 Å². The number of carbonyl (C=O) groups excluding carboxylic acids is 2. The maximum absolute atomic E-state index is 12.5. The summed E-state index contributed by atoms with van der Waals surface area (Å²) in [5.41, 5.74) is 2.49. The van der Waals surface area contributed by atoms with Crippen molar-refractivity contribution in [2.24, 2.45) is 7.05 Å². The highest BCUT2D eigenvalue weighted by atomic mass is 16.2. The fraction of sp³-hybridized carbons (Fsp3) is 0.0556. The first-order valence-corrected chi connectivity index (χ1v) is 7.86. The summed E-state index contributed by atoms with van der Waals surface area (Å²) in [4.78, 5) is 28.0. The van der Waals surface area contributed by atoms with E-state index in [2.05, 4.69) is 20.5 Å². The van der Waals surface area contributed by atoms with E-state index in [0.717, 1.165) is 5.56 Å². The van der Waals surface area contributed by atoms with Gasteiger partial charge in [-0.25, -0.2) is 9.50 Å². The van der Waals surface area contributed by atoms with Gasteiger partial charge in [0.25, 0.3) is 5.91 Å². The molecule has 0 unspecified atom stereocenters. The molecule has 0 aliphatic rings. The fourth-order valence-corrected chi connectivity index (χ4v) is 2.68. The molecule has 8 nitrogen and oxygen atoms in total. The third kappa shape index (κ3) is 2.73. The predicted octanol–water partition coefficient (Wildman–Crippen LogP) is 2.19. The largest absolute Gasteiger partial charge is 0.320 e. The molecule has 0 radical (unpaired) electrons. The van der Waals surface area contributed by atoms with E-state index in [1.54, 1.807) is 29.9 Å². The minimum atomic E-state index is -0.417. The van der Waals surface area contributed by atoms with Crippen LogP contribution < -0.4 is 5.32 Å². The molecule has 0 saturated heterocycles. The molecular weight excluding hydrogens is 332 g/mol. The molecule has 3 aromatic heterocycles. The minimum absolute atomic E-state index is 0.200. The topological polar surface area (TPSA) is 94.2 Å². The molecule has 0 aliphatic heterocycles. The zero-order valence-electron chi connectivity index (χ0n) is 13.8. The van der Waals surface area contributed by atoms with Crippen LogP contribution in [0.15, 0.2) is 54.9 Å². The Kier molecular flexibility index (Phi) is 3.77. The number of nitrogens with one attached hydrogen (secondary N) is 1. The summed E-state index contributed by atoms with van der Waals surface area (Å²) in [6, 6.07) is 13.1. The molecular formula is C18H14N6O2. The van der Waals surface area contributed by atoms with E-state index in [9.17, 15) is 9.59 Å². The first kappa shape index (κ1) is 15.7. The lowest BCUT2D eigenvalue weighted by molar-refractivity contribution is 0.101. The number of fused-ring (bicyclic) bond motifs is 1. The van der Waals surface area contributed by atoms with Gasteiger partial charge >= 0.3 is 0 Å². The highest BCUT2D eigenvalue weighted by Crippen LogP contribution is 2.18. The summed E-state index contributed by atoms with van der Waals surface area (Å²) in [7, 11) is 1.61. The highest BCUT2D eigenvalue weighted by Gasteiger charge is 2.17. The van der Waals surface area contributed by atoms with Crippen molar-refractivity contribution in [2.75, 3.05) is 5.32 Å². The molecule has 4 rings (SSSR count). The van der Waals surface area contributed by atoms with Crippen LogP contribution in [-0.4, -0.2) is 36.6 Å². The number of carbonyl (C=O) groups is 2. The summed E-state index contributed by atoms with van der Waals surface area (Å²) in [5, 5.41) is 11.1. The van der Waals surface area contributed by atoms with E-state index in [4.69, 9.17) is 0 Å². The number of hydrogen-bond donors (Lipinski definition) is 1. The first-order valence-electron chi connectivity index (χ1n) is 7.86. The van der Waals surface area contributed by atoms with Gasteiger partial charge in [-0.1, -0.05) is 30.3 Å². The highest BCUT2D eigenvalue weighted by molar-refractivity contribution is 6.07. The molecule has 8 heteroatoms. The van der Waals surface area contributed by atoms with Crippen LogP contribution in [0.5, 0.6) is 0 Å². The van der Waals surface area contributed by atoms with E-state index in [0.29, 0.717) is 23.4 Å². The standard InChI is InChI=1S/C18H14N6O2/c1-23-16(13(11-25)10-19-23)18(26)20-14-7-8-24-15(9-14)21-17(22-24)12-5-3-2-4-6-12/h2-11H,1H3,(H,20,26). The summed E-state index contributed by atoms with van der Waals surface area (Å²) in [6.07, 6.45) is 3.68. The number of hydrogen-bond acceptors (Lipinski definition) is 5. The lowest BCUT2D eigenvalue weighted by Gasteiger charge is -2.06. The Labute approximate surface area is 148 Å². The molecule has 0 aliphatic carbocycles. The molecule has 4 aromatic rings. The van der Waals surface area contributed by atoms with Crippen LogP contribution in [0, 0.1) is 0 Å². The molecule has 1 aromatic carbocycles. The van der Waals surface area contributed by atoms with Crippen LogP contribution in [0.4, 0.5) is 5.69 Å². The van der Waals surface area contributed by atoms with Gasteiger partial charge in [-0.05, 0) is 6.07 Å². The third-order valence-corrected chi connectivity index (χ3v) is 3.94. The van der Waals surface area contributed by atoms with E-state index in [1.807, 2.05) is 30.3 Å². The van der Waals surface area contributed by atoms with Crippen LogP contribution in [0.3, 0.4) is 0 Å². The molecule has 0 spiro atoms. The zero-order chi connectivity index (χ0) is 18.1.